The molecule has 1 fully saturated rings. The van der Waals surface area contributed by atoms with E-state index in [0.717, 1.165) is 9.91 Å². The van der Waals surface area contributed by atoms with Gasteiger partial charge in [-0.05, 0) is 12.5 Å². The predicted molar refractivity (Wildman–Crippen MR) is 123 cm³/mol. The number of halogens is 2. The van der Waals surface area contributed by atoms with E-state index >= 15 is 0 Å². The summed E-state index contributed by atoms with van der Waals surface area (Å²) in [7, 11) is 0. The summed E-state index contributed by atoms with van der Waals surface area (Å²) in [5.41, 5.74) is -0.165. The van der Waals surface area contributed by atoms with Gasteiger partial charge in [0, 0.05) is 23.9 Å². The molecule has 10 nitrogen and oxygen atoms in total. The van der Waals surface area contributed by atoms with Gasteiger partial charge in [0.15, 0.2) is 4.34 Å². The van der Waals surface area contributed by atoms with Gasteiger partial charge in [0.05, 0.1) is 11.7 Å². The molecule has 0 aromatic carbocycles. The van der Waals surface area contributed by atoms with Crippen molar-refractivity contribution in [1.29, 1.82) is 0 Å². The Hall–Kier alpha value is -1.06. The van der Waals surface area contributed by atoms with Gasteiger partial charge in [0.25, 0.3) is 5.91 Å². The number of carbonyl (C=O) groups excluding carboxylic acids is 3. The van der Waals surface area contributed by atoms with E-state index in [4.69, 9.17) is 23.2 Å². The molecule has 1 saturated heterocycles. The van der Waals surface area contributed by atoms with Crippen LogP contribution in [-0.4, -0.2) is 60.4 Å². The van der Waals surface area contributed by atoms with Crippen molar-refractivity contribution in [2.75, 3.05) is 11.5 Å². The first-order chi connectivity index (χ1) is 15.7. The Balaban J connectivity index is 0.00000324. The zero-order valence-electron chi connectivity index (χ0n) is 17.7. The molecule has 0 aliphatic carbocycles. The molecule has 2 aliphatic rings. The van der Waals surface area contributed by atoms with Crippen LogP contribution in [0.1, 0.15) is 5.01 Å². The summed E-state index contributed by atoms with van der Waals surface area (Å²) in [6, 6.07) is -0.887. The summed E-state index contributed by atoms with van der Waals surface area (Å²) in [5.74, 6) is -1.81. The fourth-order valence-electron chi connectivity index (χ4n) is 3.30. The smallest absolute Gasteiger partial charge is 0.543 e. The summed E-state index contributed by atoms with van der Waals surface area (Å²) in [6.07, 6.45) is 2.53. The van der Waals surface area contributed by atoms with Gasteiger partial charge in [0.1, 0.15) is 33.0 Å². The molecule has 0 bridgehead atoms. The van der Waals surface area contributed by atoms with Crippen LogP contribution < -0.4 is 45.4 Å². The summed E-state index contributed by atoms with van der Waals surface area (Å²) < 4.78 is 2.03. The van der Waals surface area contributed by atoms with E-state index in [2.05, 4.69) is 15.5 Å². The van der Waals surface area contributed by atoms with Gasteiger partial charge in [-0.2, -0.15) is 0 Å². The van der Waals surface area contributed by atoms with E-state index in [1.54, 1.807) is 0 Å². The Kier molecular flexibility index (Phi) is 9.18. The molecule has 2 aromatic rings. The van der Waals surface area contributed by atoms with Gasteiger partial charge in [-0.3, -0.25) is 19.3 Å². The zero-order chi connectivity index (χ0) is 23.9. The van der Waals surface area contributed by atoms with Crippen LogP contribution in [0.25, 0.3) is 0 Å². The number of carboxylic acid groups (broad SMARTS) is 1. The molecule has 1 N–H and O–H groups in total. The first-order valence-electron chi connectivity index (χ1n) is 9.31. The number of aliphatic carboxylic acids is 1. The van der Waals surface area contributed by atoms with E-state index < -0.39 is 34.6 Å². The van der Waals surface area contributed by atoms with E-state index in [1.807, 2.05) is 6.92 Å². The molecule has 4 rings (SSSR count). The molecule has 2 amide bonds. The number of thioether (sulfide) groups is 2. The van der Waals surface area contributed by atoms with Gasteiger partial charge in [-0.15, -0.1) is 22.0 Å². The molecule has 174 valence electrons. The number of nitrogens with one attached hydrogen (secondary N) is 1. The van der Waals surface area contributed by atoms with Gasteiger partial charge in [-0.1, -0.05) is 46.3 Å². The molecule has 2 aliphatic heterocycles. The quantitative estimate of drug-likeness (QED) is 0.218. The molecule has 34 heavy (non-hydrogen) atoms. The Morgan fingerprint density at radius 2 is 1.94 bits per heavy atom. The number of aryl methyl sites for hydroxylation is 1. The summed E-state index contributed by atoms with van der Waals surface area (Å²) >= 11 is 15.7. The molecular weight excluding hydrogens is 556 g/mol. The Bertz CT molecular complexity index is 1230. The second kappa shape index (κ2) is 11.3. The average Bonchev–Trinajstić information content (AvgIpc) is 3.18. The van der Waals surface area contributed by atoms with E-state index in [0.29, 0.717) is 21.4 Å². The number of β-lactam (4-membered cyclic amide) rings is 1. The van der Waals surface area contributed by atoms with E-state index in [-0.39, 0.29) is 51.8 Å². The van der Waals surface area contributed by atoms with Crippen LogP contribution in [0.2, 0.25) is 10.0 Å². The predicted octanol–water partition coefficient (Wildman–Crippen LogP) is -2.48. The van der Waals surface area contributed by atoms with Crippen LogP contribution in [-0.2, 0) is 20.9 Å². The number of rotatable bonds is 7. The maximum absolute atomic E-state index is 12.7. The monoisotopic (exact) mass is 569 g/mol. The number of pyridine rings is 1. The average molecular weight is 570 g/mol. The topological polar surface area (TPSA) is 137 Å². The Morgan fingerprint density at radius 1 is 1.26 bits per heavy atom. The van der Waals surface area contributed by atoms with Crippen molar-refractivity contribution < 1.29 is 49.0 Å². The maximum Gasteiger partial charge on any atom is 1.00 e. The van der Waals surface area contributed by atoms with Crippen LogP contribution >= 0.6 is 58.1 Å². The first kappa shape index (κ1) is 27.5. The molecule has 0 saturated carbocycles. The molecule has 0 radical (unpaired) electrons. The molecule has 2 aromatic heterocycles. The Labute approximate surface area is 237 Å². The number of aromatic nitrogens is 3. The number of nitrogens with zero attached hydrogens (tertiary/aromatic N) is 4. The summed E-state index contributed by atoms with van der Waals surface area (Å²) in [4.78, 5) is 49.8. The minimum atomic E-state index is -1.44. The van der Waals surface area contributed by atoms with E-state index in [9.17, 15) is 24.3 Å². The largest absolute Gasteiger partial charge is 1.00 e. The number of amides is 2. The third kappa shape index (κ3) is 5.67. The van der Waals surface area contributed by atoms with Gasteiger partial charge < -0.3 is 19.8 Å². The second-order valence-electron chi connectivity index (χ2n) is 7.03. The molecule has 0 unspecified atom stereocenters. The molecule has 4 heterocycles. The van der Waals surface area contributed by atoms with Crippen LogP contribution in [0.4, 0.5) is 0 Å². The van der Waals surface area contributed by atoms with Gasteiger partial charge in [-0.25, -0.2) is 0 Å². The second-order valence-corrected chi connectivity index (χ2v) is 11.3. The van der Waals surface area contributed by atoms with Crippen molar-refractivity contribution in [3.63, 3.8) is 0 Å². The van der Waals surface area contributed by atoms with Crippen LogP contribution in [0, 0.1) is 6.92 Å². The number of carbonyl (C=O) groups is 3. The minimum Gasteiger partial charge on any atom is -0.543 e. The third-order valence-electron chi connectivity index (χ3n) is 4.75. The third-order valence-corrected chi connectivity index (χ3v) is 8.69. The van der Waals surface area contributed by atoms with E-state index in [1.165, 1.54) is 51.8 Å². The maximum atomic E-state index is 12.7. The van der Waals surface area contributed by atoms with Crippen molar-refractivity contribution >= 4 is 75.8 Å². The molecule has 16 heteroatoms. The normalized spacial score (nSPS) is 19.3. The SMILES string of the molecule is Cc1nnc(SCC2=C(C(=O)[O-])N3C(=O)[C@H](NC(=O)Cn4cc(Cl)c(=O)c(Cl)c4)[C@H]3SC2)s1.[Na+]. The fraction of sp³-hybridized carbons (Fsp3) is 0.333. The summed E-state index contributed by atoms with van der Waals surface area (Å²) in [5, 5.41) is 22.3. The molecule has 0 spiro atoms. The van der Waals surface area contributed by atoms with Crippen molar-refractivity contribution in [2.45, 2.75) is 29.2 Å². The molecular formula is C18H14Cl2N5NaO5S3. The van der Waals surface area contributed by atoms with Crippen molar-refractivity contribution in [3.8, 4) is 0 Å². The van der Waals surface area contributed by atoms with Crippen molar-refractivity contribution in [3.05, 3.63) is 48.9 Å². The van der Waals surface area contributed by atoms with Gasteiger partial charge in [0.2, 0.25) is 11.3 Å². The van der Waals surface area contributed by atoms with Crippen LogP contribution in [0.15, 0.2) is 32.8 Å². The number of hydrogen-bond donors (Lipinski definition) is 1. The van der Waals surface area contributed by atoms with Gasteiger partial charge >= 0.3 is 29.6 Å². The van der Waals surface area contributed by atoms with Crippen LogP contribution in [0.5, 0.6) is 0 Å². The zero-order valence-corrected chi connectivity index (χ0v) is 23.7. The number of fused-ring (bicyclic) bond motifs is 1. The van der Waals surface area contributed by atoms with Crippen molar-refractivity contribution in [1.82, 2.24) is 25.0 Å². The number of carboxylic acids is 1. The number of hydrogen-bond acceptors (Lipinski definition) is 10. The standard InChI is InChI=1S/C18H15Cl2N5O5S3.Na/c1-7-22-23-18(33-7)32-6-8-5-31-16-12(15(28)25(16)13(8)17(29)30)21-11(26)4-24-2-9(19)14(27)10(20)3-24;/h2-3,12,16H,4-6H2,1H3,(H,21,26)(H,29,30);/q;+1/p-1/t12-,16+;/m0./s1. The van der Waals surface area contributed by atoms with Crippen LogP contribution in [0.3, 0.4) is 0 Å². The molecule has 2 atom stereocenters. The first-order valence-corrected chi connectivity index (χ1v) is 12.9. The Morgan fingerprint density at radius 3 is 2.53 bits per heavy atom. The summed E-state index contributed by atoms with van der Waals surface area (Å²) in [6.45, 7) is 1.59. The fourth-order valence-corrected chi connectivity index (χ4v) is 7.11. The minimum absolute atomic E-state index is 0. The van der Waals surface area contributed by atoms with Crippen molar-refractivity contribution in [2.24, 2.45) is 0 Å².